The minimum absolute atomic E-state index is 0.0213. The molecule has 2 N–H and O–H groups in total. The molecule has 1 aromatic carbocycles. The summed E-state index contributed by atoms with van der Waals surface area (Å²) in [5.74, 6) is 0.829. The van der Waals surface area contributed by atoms with Crippen molar-refractivity contribution in [1.82, 2.24) is 15.2 Å². The molecule has 21 heavy (non-hydrogen) atoms. The Morgan fingerprint density at radius 3 is 2.57 bits per heavy atom. The zero-order valence-corrected chi connectivity index (χ0v) is 13.9. The highest BCUT2D eigenvalue weighted by Gasteiger charge is 2.53. The molecule has 1 heterocycles. The Morgan fingerprint density at radius 1 is 1.38 bits per heavy atom. The number of aliphatic hydroxyl groups is 1. The van der Waals surface area contributed by atoms with E-state index < -0.39 is 5.60 Å². The molecule has 5 heteroatoms. The maximum absolute atomic E-state index is 10.9. The van der Waals surface area contributed by atoms with Crippen molar-refractivity contribution in [3.63, 3.8) is 0 Å². The van der Waals surface area contributed by atoms with Gasteiger partial charge >= 0.3 is 0 Å². The van der Waals surface area contributed by atoms with Crippen LogP contribution in [0.25, 0.3) is 0 Å². The first-order valence-electron chi connectivity index (χ1n) is 7.24. The van der Waals surface area contributed by atoms with Crippen molar-refractivity contribution < 1.29 is 5.11 Å². The fraction of sp³-hybridized carbons (Fsp3) is 0.500. The van der Waals surface area contributed by atoms with E-state index in [1.807, 2.05) is 19.1 Å². The van der Waals surface area contributed by atoms with Crippen molar-refractivity contribution in [2.45, 2.75) is 44.6 Å². The summed E-state index contributed by atoms with van der Waals surface area (Å²) >= 11 is 3.46. The standard InChI is InChI=1S/C16H20BrN3O/c1-15(7-8-15)16(2,21)9-13(14-18-10-19-20-14)11-3-5-12(17)6-4-11/h3-6,10,13,21H,7-9H2,1-2H3,(H,18,19,20). The number of H-pyrrole nitrogens is 1. The monoisotopic (exact) mass is 349 g/mol. The Hall–Kier alpha value is -1.20. The Labute approximate surface area is 133 Å². The molecule has 112 valence electrons. The van der Waals surface area contributed by atoms with Gasteiger partial charge in [0.15, 0.2) is 0 Å². The van der Waals surface area contributed by atoms with Crippen LogP contribution in [0.1, 0.15) is 50.4 Å². The Morgan fingerprint density at radius 2 is 2.05 bits per heavy atom. The van der Waals surface area contributed by atoms with Crippen LogP contribution in [0, 0.1) is 5.41 Å². The van der Waals surface area contributed by atoms with Crippen molar-refractivity contribution >= 4 is 15.9 Å². The molecule has 1 aliphatic carbocycles. The van der Waals surface area contributed by atoms with Gasteiger partial charge in [0.25, 0.3) is 0 Å². The van der Waals surface area contributed by atoms with Gasteiger partial charge in [-0.3, -0.25) is 5.10 Å². The van der Waals surface area contributed by atoms with E-state index in [1.54, 1.807) is 0 Å². The van der Waals surface area contributed by atoms with Gasteiger partial charge in [0.05, 0.1) is 5.60 Å². The molecule has 0 amide bonds. The van der Waals surface area contributed by atoms with Crippen molar-refractivity contribution in [2.75, 3.05) is 0 Å². The topological polar surface area (TPSA) is 61.8 Å². The highest BCUT2D eigenvalue weighted by Crippen LogP contribution is 2.56. The number of aromatic nitrogens is 3. The maximum atomic E-state index is 10.9. The van der Waals surface area contributed by atoms with E-state index >= 15 is 0 Å². The summed E-state index contributed by atoms with van der Waals surface area (Å²) in [6, 6.07) is 8.18. The van der Waals surface area contributed by atoms with Gasteiger partial charge in [0.1, 0.15) is 12.2 Å². The van der Waals surface area contributed by atoms with Gasteiger partial charge < -0.3 is 5.11 Å². The fourth-order valence-corrected chi connectivity index (χ4v) is 3.08. The molecule has 0 spiro atoms. The van der Waals surface area contributed by atoms with Gasteiger partial charge in [0.2, 0.25) is 0 Å². The predicted octanol–water partition coefficient (Wildman–Crippen LogP) is 3.64. The van der Waals surface area contributed by atoms with Crippen LogP contribution in [0.4, 0.5) is 0 Å². The van der Waals surface area contributed by atoms with Crippen LogP contribution < -0.4 is 0 Å². The second kappa shape index (κ2) is 5.21. The Balaban J connectivity index is 1.92. The summed E-state index contributed by atoms with van der Waals surface area (Å²) in [5, 5.41) is 17.9. The van der Waals surface area contributed by atoms with E-state index in [1.165, 1.54) is 6.33 Å². The third kappa shape index (κ3) is 2.90. The second-order valence-electron chi connectivity index (χ2n) is 6.51. The number of rotatable bonds is 5. The van der Waals surface area contributed by atoms with E-state index in [9.17, 15) is 5.11 Å². The van der Waals surface area contributed by atoms with Crippen LogP contribution in [0.2, 0.25) is 0 Å². The first-order valence-corrected chi connectivity index (χ1v) is 8.04. The highest BCUT2D eigenvalue weighted by atomic mass is 79.9. The lowest BCUT2D eigenvalue weighted by Crippen LogP contribution is -2.36. The van der Waals surface area contributed by atoms with Crippen LogP contribution in [-0.2, 0) is 0 Å². The van der Waals surface area contributed by atoms with Gasteiger partial charge in [-0.1, -0.05) is 35.0 Å². The first kappa shape index (κ1) is 14.7. The number of nitrogens with zero attached hydrogens (tertiary/aromatic N) is 2. The fourth-order valence-electron chi connectivity index (χ4n) is 2.82. The zero-order valence-electron chi connectivity index (χ0n) is 12.3. The quantitative estimate of drug-likeness (QED) is 0.865. The molecule has 0 bridgehead atoms. The normalized spacial score (nSPS) is 20.8. The van der Waals surface area contributed by atoms with Crippen LogP contribution in [0.3, 0.4) is 0 Å². The van der Waals surface area contributed by atoms with Crippen LogP contribution in [0.15, 0.2) is 35.1 Å². The minimum Gasteiger partial charge on any atom is -0.390 e. The molecule has 2 unspecified atom stereocenters. The van der Waals surface area contributed by atoms with Crippen molar-refractivity contribution in [2.24, 2.45) is 5.41 Å². The molecule has 1 aromatic heterocycles. The molecule has 4 nitrogen and oxygen atoms in total. The summed E-state index contributed by atoms with van der Waals surface area (Å²) < 4.78 is 1.04. The largest absolute Gasteiger partial charge is 0.390 e. The maximum Gasteiger partial charge on any atom is 0.137 e. The third-order valence-corrected chi connectivity index (χ3v) is 5.47. The third-order valence-electron chi connectivity index (χ3n) is 4.94. The summed E-state index contributed by atoms with van der Waals surface area (Å²) in [6.45, 7) is 4.11. The second-order valence-corrected chi connectivity index (χ2v) is 7.43. The number of nitrogens with one attached hydrogen (secondary N) is 1. The zero-order chi connectivity index (χ0) is 15.1. The van der Waals surface area contributed by atoms with E-state index in [0.717, 1.165) is 28.7 Å². The van der Waals surface area contributed by atoms with Crippen LogP contribution >= 0.6 is 15.9 Å². The number of hydrogen-bond acceptors (Lipinski definition) is 3. The molecule has 2 atom stereocenters. The summed E-state index contributed by atoms with van der Waals surface area (Å²) in [4.78, 5) is 4.31. The molecule has 1 saturated carbocycles. The Bertz CT molecular complexity index is 603. The highest BCUT2D eigenvalue weighted by molar-refractivity contribution is 9.10. The number of halogens is 1. The molecule has 1 aliphatic rings. The lowest BCUT2D eigenvalue weighted by Gasteiger charge is -2.33. The van der Waals surface area contributed by atoms with E-state index in [4.69, 9.17) is 0 Å². The van der Waals surface area contributed by atoms with Gasteiger partial charge in [-0.05, 0) is 49.3 Å². The molecule has 2 aromatic rings. The van der Waals surface area contributed by atoms with Crippen molar-refractivity contribution in [3.8, 4) is 0 Å². The number of aromatic amines is 1. The number of benzene rings is 1. The molecule has 0 radical (unpaired) electrons. The Kier molecular flexibility index (Phi) is 3.66. The van der Waals surface area contributed by atoms with Gasteiger partial charge in [0, 0.05) is 10.4 Å². The summed E-state index contributed by atoms with van der Waals surface area (Å²) in [5.41, 5.74) is 0.456. The summed E-state index contributed by atoms with van der Waals surface area (Å²) in [7, 11) is 0. The predicted molar refractivity (Wildman–Crippen MR) is 84.9 cm³/mol. The lowest BCUT2D eigenvalue weighted by atomic mass is 9.77. The number of hydrogen-bond donors (Lipinski definition) is 2. The van der Waals surface area contributed by atoms with Gasteiger partial charge in [-0.15, -0.1) is 0 Å². The molecular formula is C16H20BrN3O. The van der Waals surface area contributed by atoms with Crippen molar-refractivity contribution in [1.29, 1.82) is 0 Å². The average molecular weight is 350 g/mol. The lowest BCUT2D eigenvalue weighted by molar-refractivity contribution is -0.0191. The summed E-state index contributed by atoms with van der Waals surface area (Å²) in [6.07, 6.45) is 4.34. The molecular weight excluding hydrogens is 330 g/mol. The SMILES string of the molecule is CC(O)(CC(c1ccc(Br)cc1)c1ncn[nH]1)C1(C)CC1. The van der Waals surface area contributed by atoms with Crippen LogP contribution in [0.5, 0.6) is 0 Å². The van der Waals surface area contributed by atoms with E-state index in [0.29, 0.717) is 6.42 Å². The van der Waals surface area contributed by atoms with Gasteiger partial charge in [-0.25, -0.2) is 4.98 Å². The smallest absolute Gasteiger partial charge is 0.137 e. The van der Waals surface area contributed by atoms with E-state index in [-0.39, 0.29) is 11.3 Å². The first-order chi connectivity index (χ1) is 9.91. The molecule has 1 fully saturated rings. The van der Waals surface area contributed by atoms with Crippen LogP contribution in [-0.4, -0.2) is 25.9 Å². The minimum atomic E-state index is -0.711. The van der Waals surface area contributed by atoms with E-state index in [2.05, 4.69) is 50.2 Å². The van der Waals surface area contributed by atoms with Crippen molar-refractivity contribution in [3.05, 3.63) is 46.5 Å². The molecule has 0 aliphatic heterocycles. The molecule has 0 saturated heterocycles. The van der Waals surface area contributed by atoms with Gasteiger partial charge in [-0.2, -0.15) is 5.10 Å². The molecule has 3 rings (SSSR count). The average Bonchev–Trinajstić information content (AvgIpc) is 3.01.